The van der Waals surface area contributed by atoms with Crippen molar-refractivity contribution in [2.24, 2.45) is 0 Å². The Kier molecular flexibility index (Phi) is 4.17. The van der Waals surface area contributed by atoms with Gasteiger partial charge in [-0.3, -0.25) is 0 Å². The zero-order valence-electron chi connectivity index (χ0n) is 10.1. The fourth-order valence-electron chi connectivity index (χ4n) is 1.80. The second-order valence-corrected chi connectivity index (χ2v) is 6.48. The lowest BCUT2D eigenvalue weighted by Gasteiger charge is -2.33. The first kappa shape index (κ1) is 14.0. The van der Waals surface area contributed by atoms with E-state index in [1.807, 2.05) is 0 Å². The van der Waals surface area contributed by atoms with E-state index in [0.29, 0.717) is 0 Å². The summed E-state index contributed by atoms with van der Waals surface area (Å²) in [4.78, 5) is 12.2. The Bertz CT molecular complexity index is 521. The van der Waals surface area contributed by atoms with Crippen molar-refractivity contribution in [2.45, 2.75) is 11.7 Å². The fourth-order valence-corrected chi connectivity index (χ4v) is 3.24. The number of rotatable bonds is 4. The van der Waals surface area contributed by atoms with Gasteiger partial charge in [-0.15, -0.1) is 0 Å². The molecule has 100 valence electrons. The van der Waals surface area contributed by atoms with Crippen molar-refractivity contribution in [1.82, 2.24) is 0 Å². The van der Waals surface area contributed by atoms with Crippen LogP contribution in [-0.4, -0.2) is 10.2 Å². The fraction of sp³-hybridized carbons (Fsp3) is 0.143. The second-order valence-electron chi connectivity index (χ2n) is 4.21. The molecule has 4 nitrogen and oxygen atoms in total. The van der Waals surface area contributed by atoms with E-state index in [1.165, 1.54) is 24.3 Å². The van der Waals surface area contributed by atoms with Crippen LogP contribution < -0.4 is 4.89 Å². The van der Waals surface area contributed by atoms with E-state index in [0.717, 1.165) is 0 Å². The summed E-state index contributed by atoms with van der Waals surface area (Å²) in [6.45, 7) is 0. The molecular weight excluding hydrogens is 263 g/mol. The number of aliphatic hydroxyl groups is 2. The van der Waals surface area contributed by atoms with Gasteiger partial charge in [0.2, 0.25) is 0 Å². The zero-order valence-corrected chi connectivity index (χ0v) is 11.0. The lowest BCUT2D eigenvalue weighted by atomic mass is 10.2. The zero-order chi connectivity index (χ0) is 13.9. The van der Waals surface area contributed by atoms with Crippen LogP contribution >= 0.6 is 7.37 Å². The van der Waals surface area contributed by atoms with Crippen LogP contribution in [0.3, 0.4) is 0 Å². The van der Waals surface area contributed by atoms with Crippen LogP contribution in [0, 0.1) is 0 Å². The van der Waals surface area contributed by atoms with Crippen molar-refractivity contribution in [3.05, 3.63) is 71.8 Å². The minimum absolute atomic E-state index is 0.246. The Labute approximate surface area is 111 Å². The smallest absolute Gasteiger partial charge is 0.122 e. The predicted octanol–water partition coefficient (Wildman–Crippen LogP) is 2.01. The summed E-state index contributed by atoms with van der Waals surface area (Å²) in [5.41, 5.74) is 0.492. The van der Waals surface area contributed by atoms with Gasteiger partial charge in [-0.1, -0.05) is 60.7 Å². The normalized spacial score (nSPS) is 14.9. The standard InChI is InChI=1S/C14H15O4P/c15-13(11-7-3-1-4-8-11)19(17,18)14(16)12-9-5-2-6-10-12/h1-10,13-16H,(H,17,18)/p-1/t13-,14-/m1/s1. The summed E-state index contributed by atoms with van der Waals surface area (Å²) >= 11 is 0. The maximum atomic E-state index is 12.2. The third-order valence-corrected chi connectivity index (χ3v) is 4.84. The monoisotopic (exact) mass is 277 g/mol. The average molecular weight is 277 g/mol. The van der Waals surface area contributed by atoms with Gasteiger partial charge in [0.25, 0.3) is 0 Å². The van der Waals surface area contributed by atoms with Gasteiger partial charge in [-0.05, 0) is 11.1 Å². The third kappa shape index (κ3) is 2.94. The Hall–Kier alpha value is -1.45. The van der Waals surface area contributed by atoms with Crippen LogP contribution in [0.25, 0.3) is 0 Å². The first-order chi connectivity index (χ1) is 9.03. The molecule has 2 atom stereocenters. The van der Waals surface area contributed by atoms with Crippen molar-refractivity contribution >= 4 is 7.37 Å². The molecule has 0 heterocycles. The maximum Gasteiger partial charge on any atom is 0.122 e. The second kappa shape index (κ2) is 5.68. The Morgan fingerprint density at radius 3 is 1.42 bits per heavy atom. The van der Waals surface area contributed by atoms with Gasteiger partial charge in [0.1, 0.15) is 11.7 Å². The molecule has 0 unspecified atom stereocenters. The SMILES string of the molecule is O=P([O-])([C@@H](O)c1ccccc1)[C@@H](O)c1ccccc1. The molecule has 0 aliphatic carbocycles. The van der Waals surface area contributed by atoms with E-state index in [4.69, 9.17) is 0 Å². The van der Waals surface area contributed by atoms with Crippen LogP contribution in [-0.2, 0) is 4.57 Å². The Balaban J connectivity index is 2.30. The molecule has 2 aromatic carbocycles. The molecule has 2 rings (SSSR count). The summed E-state index contributed by atoms with van der Waals surface area (Å²) < 4.78 is 12.2. The number of benzene rings is 2. The van der Waals surface area contributed by atoms with Crippen molar-refractivity contribution in [3.8, 4) is 0 Å². The van der Waals surface area contributed by atoms with E-state index >= 15 is 0 Å². The highest BCUT2D eigenvalue weighted by Gasteiger charge is 2.30. The van der Waals surface area contributed by atoms with E-state index in [1.54, 1.807) is 36.4 Å². The van der Waals surface area contributed by atoms with Crippen molar-refractivity contribution in [2.75, 3.05) is 0 Å². The van der Waals surface area contributed by atoms with E-state index < -0.39 is 19.1 Å². The molecule has 0 radical (unpaired) electrons. The minimum atomic E-state index is -4.46. The summed E-state index contributed by atoms with van der Waals surface area (Å²) in [5.74, 6) is -3.44. The maximum absolute atomic E-state index is 12.2. The van der Waals surface area contributed by atoms with Gasteiger partial charge in [-0.2, -0.15) is 0 Å². The van der Waals surface area contributed by atoms with E-state index in [2.05, 4.69) is 0 Å². The van der Waals surface area contributed by atoms with E-state index in [9.17, 15) is 19.7 Å². The Morgan fingerprint density at radius 1 is 0.789 bits per heavy atom. The summed E-state index contributed by atoms with van der Waals surface area (Å²) in [6, 6.07) is 16.0. The molecule has 5 heteroatoms. The molecule has 0 aromatic heterocycles. The minimum Gasteiger partial charge on any atom is -0.795 e. The summed E-state index contributed by atoms with van der Waals surface area (Å²) in [5, 5.41) is 19.9. The summed E-state index contributed by atoms with van der Waals surface area (Å²) in [6.07, 6.45) is 0. The number of hydrogen-bond acceptors (Lipinski definition) is 4. The highest BCUT2D eigenvalue weighted by atomic mass is 31.2. The largest absolute Gasteiger partial charge is 0.795 e. The van der Waals surface area contributed by atoms with Gasteiger partial charge < -0.3 is 19.7 Å². The molecular formula is C14H14O4P-. The van der Waals surface area contributed by atoms with Crippen LogP contribution in [0.15, 0.2) is 60.7 Å². The molecule has 0 saturated heterocycles. The quantitative estimate of drug-likeness (QED) is 0.838. The van der Waals surface area contributed by atoms with Crippen molar-refractivity contribution in [1.29, 1.82) is 0 Å². The first-order valence-corrected chi connectivity index (χ1v) is 7.56. The lowest BCUT2D eigenvalue weighted by molar-refractivity contribution is -0.192. The van der Waals surface area contributed by atoms with Gasteiger partial charge in [0.15, 0.2) is 0 Å². The van der Waals surface area contributed by atoms with Crippen LogP contribution in [0.4, 0.5) is 0 Å². The van der Waals surface area contributed by atoms with Crippen molar-refractivity contribution < 1.29 is 19.7 Å². The van der Waals surface area contributed by atoms with E-state index in [-0.39, 0.29) is 11.1 Å². The van der Waals surface area contributed by atoms with Gasteiger partial charge in [0, 0.05) is 0 Å². The molecule has 2 N–H and O–H groups in total. The molecule has 0 saturated carbocycles. The number of hydrogen-bond donors (Lipinski definition) is 2. The van der Waals surface area contributed by atoms with Gasteiger partial charge in [0.05, 0.1) is 7.37 Å². The molecule has 0 fully saturated rings. The van der Waals surface area contributed by atoms with Gasteiger partial charge >= 0.3 is 0 Å². The molecule has 0 aliphatic rings. The average Bonchev–Trinajstić information content (AvgIpc) is 2.47. The molecule has 0 aliphatic heterocycles. The third-order valence-electron chi connectivity index (χ3n) is 2.88. The highest BCUT2D eigenvalue weighted by molar-refractivity contribution is 7.56. The highest BCUT2D eigenvalue weighted by Crippen LogP contribution is 2.59. The predicted molar refractivity (Wildman–Crippen MR) is 70.4 cm³/mol. The lowest BCUT2D eigenvalue weighted by Crippen LogP contribution is -2.17. The summed E-state index contributed by atoms with van der Waals surface area (Å²) in [7, 11) is -4.46. The van der Waals surface area contributed by atoms with Crippen LogP contribution in [0.5, 0.6) is 0 Å². The molecule has 0 spiro atoms. The Morgan fingerprint density at radius 2 is 1.11 bits per heavy atom. The molecule has 2 aromatic rings. The number of aliphatic hydroxyl groups excluding tert-OH is 2. The first-order valence-electron chi connectivity index (χ1n) is 5.80. The van der Waals surface area contributed by atoms with Crippen molar-refractivity contribution in [3.63, 3.8) is 0 Å². The van der Waals surface area contributed by atoms with Crippen LogP contribution in [0.2, 0.25) is 0 Å². The molecule has 0 bridgehead atoms. The topological polar surface area (TPSA) is 80.6 Å². The molecule has 0 amide bonds. The van der Waals surface area contributed by atoms with Gasteiger partial charge in [-0.25, -0.2) is 0 Å². The molecule has 19 heavy (non-hydrogen) atoms. The van der Waals surface area contributed by atoms with Crippen LogP contribution in [0.1, 0.15) is 22.8 Å².